The molecule has 2 unspecified atom stereocenters. The van der Waals surface area contributed by atoms with Crippen LogP contribution in [0.4, 0.5) is 0 Å². The van der Waals surface area contributed by atoms with E-state index in [0.29, 0.717) is 31.2 Å². The lowest BCUT2D eigenvalue weighted by molar-refractivity contribution is -0.158. The molecule has 1 aromatic heterocycles. The number of methoxy groups -OCH3 is 1. The van der Waals surface area contributed by atoms with E-state index in [4.69, 9.17) is 32.7 Å². The first-order chi connectivity index (χ1) is 15.2. The fraction of sp³-hybridized carbons (Fsp3) is 0.227. The largest absolute Gasteiger partial charge is 0.506 e. The predicted octanol–water partition coefficient (Wildman–Crippen LogP) is 2.87. The quantitative estimate of drug-likeness (QED) is 0.557. The second-order valence-electron chi connectivity index (χ2n) is 7.65. The van der Waals surface area contributed by atoms with E-state index in [2.05, 4.69) is 4.99 Å². The monoisotopic (exact) mass is 490 g/mol. The van der Waals surface area contributed by atoms with Crippen molar-refractivity contribution in [1.29, 1.82) is 0 Å². The molecule has 2 aliphatic heterocycles. The molecule has 0 saturated heterocycles. The number of para-hydroxylation sites is 1. The Kier molecular flexibility index (Phi) is 4.85. The third kappa shape index (κ3) is 3.05. The fourth-order valence-electron chi connectivity index (χ4n) is 4.27. The predicted molar refractivity (Wildman–Crippen MR) is 120 cm³/mol. The standard InChI is InChI=1S/C22H16Cl2N2O5S/c1-22-16(20(29)30-2)17(12-5-3-4-6-14(12)31-22)26-19(28)15(32-21(26)25-22)8-10-7-11(23)9-13(24)18(10)27/h3-9,16-17,27H,1-2H3/t16?,17?,22-/m1/s1. The molecule has 5 rings (SSSR count). The van der Waals surface area contributed by atoms with Crippen LogP contribution in [0.3, 0.4) is 0 Å². The number of fused-ring (bicyclic) bond motifs is 6. The number of aromatic nitrogens is 1. The lowest BCUT2D eigenvalue weighted by Crippen LogP contribution is -2.58. The summed E-state index contributed by atoms with van der Waals surface area (Å²) in [4.78, 5) is 31.4. The van der Waals surface area contributed by atoms with E-state index in [1.807, 2.05) is 18.2 Å². The molecule has 2 bridgehead atoms. The van der Waals surface area contributed by atoms with Crippen LogP contribution < -0.4 is 19.6 Å². The molecule has 3 aromatic rings. The molecule has 32 heavy (non-hydrogen) atoms. The van der Waals surface area contributed by atoms with Crippen molar-refractivity contribution in [3.8, 4) is 11.5 Å². The van der Waals surface area contributed by atoms with Crippen LogP contribution in [0.1, 0.15) is 24.1 Å². The van der Waals surface area contributed by atoms with E-state index < -0.39 is 23.7 Å². The van der Waals surface area contributed by atoms with Crippen molar-refractivity contribution >= 4 is 46.6 Å². The van der Waals surface area contributed by atoms with E-state index >= 15 is 0 Å². The minimum Gasteiger partial charge on any atom is -0.506 e. The molecule has 0 amide bonds. The minimum atomic E-state index is -1.25. The summed E-state index contributed by atoms with van der Waals surface area (Å²) in [7, 11) is 1.30. The summed E-state index contributed by atoms with van der Waals surface area (Å²) in [6, 6.07) is 9.51. The molecule has 2 aromatic carbocycles. The Morgan fingerprint density at radius 2 is 2.09 bits per heavy atom. The summed E-state index contributed by atoms with van der Waals surface area (Å²) in [5, 5.41) is 10.7. The van der Waals surface area contributed by atoms with E-state index in [-0.39, 0.29) is 16.3 Å². The number of phenolic OH excluding ortho intramolecular Hbond substituents is 1. The van der Waals surface area contributed by atoms with E-state index in [1.165, 1.54) is 29.9 Å². The molecule has 1 N–H and O–H groups in total. The van der Waals surface area contributed by atoms with Gasteiger partial charge >= 0.3 is 5.97 Å². The first kappa shape index (κ1) is 21.1. The molecule has 2 aliphatic rings. The lowest BCUT2D eigenvalue weighted by atomic mass is 9.81. The van der Waals surface area contributed by atoms with E-state index in [1.54, 1.807) is 13.0 Å². The maximum Gasteiger partial charge on any atom is 0.317 e. The van der Waals surface area contributed by atoms with Crippen LogP contribution in [0.15, 0.2) is 46.2 Å². The second kappa shape index (κ2) is 7.37. The highest BCUT2D eigenvalue weighted by molar-refractivity contribution is 7.07. The van der Waals surface area contributed by atoms with Crippen molar-refractivity contribution in [1.82, 2.24) is 4.57 Å². The van der Waals surface area contributed by atoms with Crippen LogP contribution in [0, 0.1) is 5.92 Å². The molecule has 0 fully saturated rings. The van der Waals surface area contributed by atoms with Gasteiger partial charge in [0.25, 0.3) is 5.56 Å². The zero-order valence-corrected chi connectivity index (χ0v) is 19.2. The maximum atomic E-state index is 13.5. The van der Waals surface area contributed by atoms with Gasteiger partial charge in [0.05, 0.1) is 22.7 Å². The summed E-state index contributed by atoms with van der Waals surface area (Å²) >= 11 is 13.2. The van der Waals surface area contributed by atoms with Gasteiger partial charge in [0.2, 0.25) is 5.72 Å². The van der Waals surface area contributed by atoms with Crippen molar-refractivity contribution in [3.63, 3.8) is 0 Å². The van der Waals surface area contributed by atoms with Gasteiger partial charge in [-0.25, -0.2) is 4.99 Å². The number of carbonyl (C=O) groups is 1. The Morgan fingerprint density at radius 1 is 1.34 bits per heavy atom. The van der Waals surface area contributed by atoms with Gasteiger partial charge in [0, 0.05) is 16.1 Å². The lowest BCUT2D eigenvalue weighted by Gasteiger charge is -2.44. The van der Waals surface area contributed by atoms with Crippen LogP contribution in [0.25, 0.3) is 6.08 Å². The number of carbonyl (C=O) groups excluding carboxylic acids is 1. The van der Waals surface area contributed by atoms with E-state index in [9.17, 15) is 14.7 Å². The third-order valence-electron chi connectivity index (χ3n) is 5.68. The Balaban J connectivity index is 1.81. The number of hydrogen-bond acceptors (Lipinski definition) is 7. The van der Waals surface area contributed by atoms with Crippen molar-refractivity contribution in [2.75, 3.05) is 7.11 Å². The highest BCUT2D eigenvalue weighted by Gasteiger charge is 2.55. The smallest absolute Gasteiger partial charge is 0.317 e. The zero-order chi connectivity index (χ0) is 22.8. The Morgan fingerprint density at radius 3 is 2.84 bits per heavy atom. The van der Waals surface area contributed by atoms with Gasteiger partial charge in [0.15, 0.2) is 4.80 Å². The number of phenols is 1. The number of esters is 1. The normalized spacial score (nSPS) is 23.6. The number of aromatic hydroxyl groups is 1. The Hall–Kier alpha value is -2.81. The molecule has 3 atom stereocenters. The highest BCUT2D eigenvalue weighted by atomic mass is 35.5. The Labute approximate surface area is 195 Å². The maximum absolute atomic E-state index is 13.5. The number of rotatable bonds is 2. The van der Waals surface area contributed by atoms with Gasteiger partial charge < -0.3 is 14.6 Å². The number of nitrogens with zero attached hydrogens (tertiary/aromatic N) is 2. The van der Waals surface area contributed by atoms with Gasteiger partial charge in [-0.1, -0.05) is 52.7 Å². The van der Waals surface area contributed by atoms with Gasteiger partial charge in [-0.15, -0.1) is 0 Å². The molecule has 3 heterocycles. The van der Waals surface area contributed by atoms with Crippen molar-refractivity contribution in [2.45, 2.75) is 18.7 Å². The van der Waals surface area contributed by atoms with Crippen LogP contribution >= 0.6 is 34.5 Å². The summed E-state index contributed by atoms with van der Waals surface area (Å²) in [6.45, 7) is 1.71. The molecule has 10 heteroatoms. The first-order valence-corrected chi connectivity index (χ1v) is 11.2. The van der Waals surface area contributed by atoms with Gasteiger partial charge in [0.1, 0.15) is 17.4 Å². The molecule has 0 aliphatic carbocycles. The van der Waals surface area contributed by atoms with Crippen molar-refractivity contribution in [2.24, 2.45) is 10.9 Å². The topological polar surface area (TPSA) is 90.1 Å². The average Bonchev–Trinajstić information content (AvgIpc) is 3.04. The fourth-order valence-corrected chi connectivity index (χ4v) is 5.87. The molecule has 0 saturated carbocycles. The van der Waals surface area contributed by atoms with Gasteiger partial charge in [-0.3, -0.25) is 14.2 Å². The van der Waals surface area contributed by atoms with Crippen LogP contribution in [0.2, 0.25) is 10.0 Å². The SMILES string of the molecule is COC(=O)C1C2c3ccccc3O[C@@]1(C)N=c1sc(=Cc3cc(Cl)cc(Cl)c3O)c(=O)n12. The van der Waals surface area contributed by atoms with Crippen molar-refractivity contribution < 1.29 is 19.4 Å². The summed E-state index contributed by atoms with van der Waals surface area (Å²) in [5.41, 5.74) is -0.616. The molecular weight excluding hydrogens is 475 g/mol. The summed E-state index contributed by atoms with van der Waals surface area (Å²) in [6.07, 6.45) is 1.51. The molecule has 0 radical (unpaired) electrons. The number of ether oxygens (including phenoxy) is 2. The van der Waals surface area contributed by atoms with Crippen molar-refractivity contribution in [3.05, 3.63) is 77.3 Å². The zero-order valence-electron chi connectivity index (χ0n) is 16.8. The van der Waals surface area contributed by atoms with Crippen LogP contribution in [0.5, 0.6) is 11.5 Å². The number of hydrogen-bond donors (Lipinski definition) is 1. The minimum absolute atomic E-state index is 0.0753. The highest BCUT2D eigenvalue weighted by Crippen LogP contribution is 2.47. The molecule has 7 nitrogen and oxygen atoms in total. The van der Waals surface area contributed by atoms with E-state index in [0.717, 1.165) is 11.3 Å². The number of thiazole rings is 1. The molecule has 0 spiro atoms. The number of halogens is 2. The third-order valence-corrected chi connectivity index (χ3v) is 7.17. The van der Waals surface area contributed by atoms with Crippen LogP contribution in [-0.4, -0.2) is 28.5 Å². The van der Waals surface area contributed by atoms with Crippen LogP contribution in [-0.2, 0) is 9.53 Å². The average molecular weight is 491 g/mol. The summed E-state index contributed by atoms with van der Waals surface area (Å²) in [5.74, 6) is -1.01. The number of benzene rings is 2. The van der Waals surface area contributed by atoms with Gasteiger partial charge in [-0.05, 0) is 31.2 Å². The Bertz CT molecular complexity index is 1460. The molecule has 164 valence electrons. The molecular formula is C22H16Cl2N2O5S. The second-order valence-corrected chi connectivity index (χ2v) is 9.50. The first-order valence-electron chi connectivity index (χ1n) is 9.60. The van der Waals surface area contributed by atoms with Gasteiger partial charge in [-0.2, -0.15) is 0 Å². The summed E-state index contributed by atoms with van der Waals surface area (Å²) < 4.78 is 13.0.